The molecule has 5 N–H and O–H groups in total. The van der Waals surface area contributed by atoms with Crippen molar-refractivity contribution >= 4 is 17.1 Å². The van der Waals surface area contributed by atoms with Gasteiger partial charge >= 0.3 is 0 Å². The fourth-order valence-corrected chi connectivity index (χ4v) is 1.82. The number of anilines is 2. The van der Waals surface area contributed by atoms with Gasteiger partial charge in [-0.05, 0) is 31.4 Å². The van der Waals surface area contributed by atoms with E-state index in [2.05, 4.69) is 5.32 Å². The SMILES string of the molecule is Nc1ccc(NCCCO)c([N+](=O)[O-])c1CCCO. The van der Waals surface area contributed by atoms with E-state index in [1.54, 1.807) is 12.1 Å². The van der Waals surface area contributed by atoms with Crippen LogP contribution in [0.2, 0.25) is 0 Å². The maximum atomic E-state index is 11.2. The Bertz CT molecular complexity index is 437. The van der Waals surface area contributed by atoms with E-state index >= 15 is 0 Å². The maximum Gasteiger partial charge on any atom is 0.297 e. The highest BCUT2D eigenvalue weighted by Gasteiger charge is 2.21. The number of aliphatic hydroxyl groups excluding tert-OH is 2. The second-order valence-corrected chi connectivity index (χ2v) is 4.12. The Balaban J connectivity index is 3.05. The lowest BCUT2D eigenvalue weighted by Gasteiger charge is -2.11. The Kier molecular flexibility index (Phi) is 6.04. The van der Waals surface area contributed by atoms with Crippen LogP contribution in [0.1, 0.15) is 18.4 Å². The standard InChI is InChI=1S/C12H19N3O4/c13-10-4-5-11(14-6-2-8-17)12(15(18)19)9(10)3-1-7-16/h4-5,14,16-17H,1-3,6-8,13H2. The highest BCUT2D eigenvalue weighted by molar-refractivity contribution is 5.72. The lowest BCUT2D eigenvalue weighted by molar-refractivity contribution is -0.384. The molecule has 7 nitrogen and oxygen atoms in total. The minimum atomic E-state index is -0.468. The van der Waals surface area contributed by atoms with Crippen LogP contribution in [0.4, 0.5) is 17.1 Å². The van der Waals surface area contributed by atoms with Crippen LogP contribution in [0.25, 0.3) is 0 Å². The summed E-state index contributed by atoms with van der Waals surface area (Å²) < 4.78 is 0. The number of nitro benzene ring substituents is 1. The highest BCUT2D eigenvalue weighted by atomic mass is 16.6. The van der Waals surface area contributed by atoms with Gasteiger partial charge in [0.15, 0.2) is 0 Å². The molecule has 0 unspecified atom stereocenters. The van der Waals surface area contributed by atoms with Crippen molar-refractivity contribution in [3.8, 4) is 0 Å². The lowest BCUT2D eigenvalue weighted by atomic mass is 10.0. The van der Waals surface area contributed by atoms with Crippen molar-refractivity contribution < 1.29 is 15.1 Å². The molecule has 0 saturated heterocycles. The summed E-state index contributed by atoms with van der Waals surface area (Å²) in [4.78, 5) is 10.7. The first-order chi connectivity index (χ1) is 9.11. The van der Waals surface area contributed by atoms with E-state index < -0.39 is 4.92 Å². The first-order valence-electron chi connectivity index (χ1n) is 6.13. The topological polar surface area (TPSA) is 122 Å². The number of hydrogen-bond acceptors (Lipinski definition) is 6. The Morgan fingerprint density at radius 2 is 1.95 bits per heavy atom. The minimum absolute atomic E-state index is 0.0210. The van der Waals surface area contributed by atoms with Gasteiger partial charge in [-0.2, -0.15) is 0 Å². The van der Waals surface area contributed by atoms with Gasteiger partial charge in [0, 0.05) is 25.4 Å². The quantitative estimate of drug-likeness (QED) is 0.241. The van der Waals surface area contributed by atoms with Crippen LogP contribution >= 0.6 is 0 Å². The molecule has 0 aliphatic heterocycles. The number of nitrogens with one attached hydrogen (secondary N) is 1. The molecule has 106 valence electrons. The van der Waals surface area contributed by atoms with Crippen molar-refractivity contribution in [2.75, 3.05) is 30.8 Å². The number of nitrogens with zero attached hydrogens (tertiary/aromatic N) is 1. The van der Waals surface area contributed by atoms with E-state index in [1.807, 2.05) is 0 Å². The number of rotatable bonds is 8. The number of benzene rings is 1. The molecule has 0 aliphatic rings. The van der Waals surface area contributed by atoms with Gasteiger partial charge in [0.2, 0.25) is 0 Å². The monoisotopic (exact) mass is 269 g/mol. The second kappa shape index (κ2) is 7.55. The van der Waals surface area contributed by atoms with Gasteiger partial charge in [-0.3, -0.25) is 10.1 Å². The summed E-state index contributed by atoms with van der Waals surface area (Å²) in [6, 6.07) is 3.17. The smallest absolute Gasteiger partial charge is 0.297 e. The zero-order chi connectivity index (χ0) is 14.3. The van der Waals surface area contributed by atoms with Gasteiger partial charge in [0.1, 0.15) is 5.69 Å². The van der Waals surface area contributed by atoms with Crippen LogP contribution in [0.3, 0.4) is 0 Å². The van der Waals surface area contributed by atoms with Crippen molar-refractivity contribution in [3.63, 3.8) is 0 Å². The summed E-state index contributed by atoms with van der Waals surface area (Å²) in [7, 11) is 0. The van der Waals surface area contributed by atoms with Crippen molar-refractivity contribution in [2.24, 2.45) is 0 Å². The fraction of sp³-hybridized carbons (Fsp3) is 0.500. The molecule has 1 aromatic rings. The van der Waals surface area contributed by atoms with E-state index in [0.717, 1.165) is 0 Å². The van der Waals surface area contributed by atoms with E-state index in [9.17, 15) is 10.1 Å². The molecule has 19 heavy (non-hydrogen) atoms. The molecule has 0 bridgehead atoms. The van der Waals surface area contributed by atoms with Crippen molar-refractivity contribution in [1.82, 2.24) is 0 Å². The largest absolute Gasteiger partial charge is 0.398 e. The molecule has 1 aromatic carbocycles. The number of aliphatic hydroxyl groups is 2. The summed E-state index contributed by atoms with van der Waals surface area (Å²) in [6.45, 7) is 0.423. The summed E-state index contributed by atoms with van der Waals surface area (Å²) in [5, 5.41) is 31.7. The highest BCUT2D eigenvalue weighted by Crippen LogP contribution is 2.33. The third-order valence-electron chi connectivity index (χ3n) is 2.74. The van der Waals surface area contributed by atoms with Crippen LogP contribution in [0.15, 0.2) is 12.1 Å². The zero-order valence-electron chi connectivity index (χ0n) is 10.6. The van der Waals surface area contributed by atoms with E-state index in [4.69, 9.17) is 15.9 Å². The molecule has 0 radical (unpaired) electrons. The summed E-state index contributed by atoms with van der Waals surface area (Å²) in [6.07, 6.45) is 1.28. The van der Waals surface area contributed by atoms with Crippen LogP contribution in [0, 0.1) is 10.1 Å². The van der Waals surface area contributed by atoms with Gasteiger partial charge < -0.3 is 21.3 Å². The van der Waals surface area contributed by atoms with Gasteiger partial charge in [0.25, 0.3) is 5.69 Å². The molecule has 0 fully saturated rings. The Morgan fingerprint density at radius 3 is 2.53 bits per heavy atom. The van der Waals surface area contributed by atoms with Gasteiger partial charge in [-0.15, -0.1) is 0 Å². The van der Waals surface area contributed by atoms with Crippen LogP contribution in [-0.4, -0.2) is 34.9 Å². The van der Waals surface area contributed by atoms with Gasteiger partial charge in [-0.25, -0.2) is 0 Å². The van der Waals surface area contributed by atoms with Crippen molar-refractivity contribution in [1.29, 1.82) is 0 Å². The second-order valence-electron chi connectivity index (χ2n) is 4.12. The fourth-order valence-electron chi connectivity index (χ4n) is 1.82. The van der Waals surface area contributed by atoms with Crippen molar-refractivity contribution in [2.45, 2.75) is 19.3 Å². The average Bonchev–Trinajstić information content (AvgIpc) is 2.38. The molecule has 0 amide bonds. The van der Waals surface area contributed by atoms with E-state index in [1.165, 1.54) is 0 Å². The number of hydrogen-bond donors (Lipinski definition) is 4. The average molecular weight is 269 g/mol. The van der Waals surface area contributed by atoms with Gasteiger partial charge in [-0.1, -0.05) is 0 Å². The van der Waals surface area contributed by atoms with Crippen LogP contribution < -0.4 is 11.1 Å². The maximum absolute atomic E-state index is 11.2. The number of nitrogen functional groups attached to an aromatic ring is 1. The molecule has 0 atom stereocenters. The number of nitro groups is 1. The minimum Gasteiger partial charge on any atom is -0.398 e. The molecule has 0 spiro atoms. The molecule has 7 heteroatoms. The third kappa shape index (κ3) is 4.08. The van der Waals surface area contributed by atoms with Gasteiger partial charge in [0.05, 0.1) is 10.5 Å². The summed E-state index contributed by atoms with van der Waals surface area (Å²) in [5.41, 5.74) is 6.90. The van der Waals surface area contributed by atoms with Crippen molar-refractivity contribution in [3.05, 3.63) is 27.8 Å². The predicted octanol–water partition coefficient (Wildman–Crippen LogP) is 0.896. The first kappa shape index (κ1) is 15.2. The Hall–Kier alpha value is -1.86. The first-order valence-corrected chi connectivity index (χ1v) is 6.13. The normalized spacial score (nSPS) is 10.4. The summed E-state index contributed by atoms with van der Waals surface area (Å²) in [5.74, 6) is 0. The zero-order valence-corrected chi connectivity index (χ0v) is 10.6. The van der Waals surface area contributed by atoms with Crippen LogP contribution in [0.5, 0.6) is 0 Å². The predicted molar refractivity (Wildman–Crippen MR) is 73.1 cm³/mol. The lowest BCUT2D eigenvalue weighted by Crippen LogP contribution is -2.09. The molecule has 0 heterocycles. The number of nitrogens with two attached hydrogens (primary N) is 1. The summed E-state index contributed by atoms with van der Waals surface area (Å²) >= 11 is 0. The van der Waals surface area contributed by atoms with E-state index in [0.29, 0.717) is 42.7 Å². The molecule has 1 rings (SSSR count). The molecule has 0 saturated carbocycles. The van der Waals surface area contributed by atoms with E-state index in [-0.39, 0.29) is 18.9 Å². The molecular formula is C12H19N3O4. The Morgan fingerprint density at radius 1 is 1.26 bits per heavy atom. The van der Waals surface area contributed by atoms with Crippen LogP contribution in [-0.2, 0) is 6.42 Å². The molecule has 0 aromatic heterocycles. The third-order valence-corrected chi connectivity index (χ3v) is 2.74. The Labute approximate surface area is 111 Å². The molecule has 0 aliphatic carbocycles. The molecular weight excluding hydrogens is 250 g/mol.